The van der Waals surface area contributed by atoms with Gasteiger partial charge in [0.2, 0.25) is 0 Å². The van der Waals surface area contributed by atoms with Crippen molar-refractivity contribution in [1.82, 2.24) is 20.3 Å². The Morgan fingerprint density at radius 2 is 1.97 bits per heavy atom. The number of amides is 1. The second kappa shape index (κ2) is 8.57. The first-order valence-electron chi connectivity index (χ1n) is 8.49. The van der Waals surface area contributed by atoms with Crippen LogP contribution in [0, 0.1) is 5.82 Å². The van der Waals surface area contributed by atoms with Crippen LogP contribution >= 0.6 is 12.4 Å². The maximum atomic E-state index is 14.6. The fraction of sp³-hybridized carbons (Fsp3) is 0.0500. The maximum Gasteiger partial charge on any atom is 0.254 e. The summed E-state index contributed by atoms with van der Waals surface area (Å²) in [5.41, 5.74) is 1.46. The lowest BCUT2D eigenvalue weighted by molar-refractivity contribution is 0.0963. The number of pyridine rings is 2. The number of H-pyrrole nitrogens is 1. The number of hydrogen-bond donors (Lipinski definition) is 3. The molecule has 0 fully saturated rings. The number of nitrogens with one attached hydrogen (secondary N) is 3. The van der Waals surface area contributed by atoms with Gasteiger partial charge in [-0.05, 0) is 36.4 Å². The van der Waals surface area contributed by atoms with Gasteiger partial charge in [-0.15, -0.1) is 12.4 Å². The number of benzene rings is 1. The van der Waals surface area contributed by atoms with E-state index in [2.05, 4.69) is 25.6 Å². The van der Waals surface area contributed by atoms with Crippen LogP contribution in [-0.2, 0) is 0 Å². The minimum Gasteiger partial charge on any atom is -0.453 e. The van der Waals surface area contributed by atoms with E-state index in [0.29, 0.717) is 28.5 Å². The topological polar surface area (TPSA) is 91.9 Å². The molecule has 0 saturated carbocycles. The van der Waals surface area contributed by atoms with Crippen LogP contribution in [0.3, 0.4) is 0 Å². The van der Waals surface area contributed by atoms with Gasteiger partial charge in [-0.2, -0.15) is 0 Å². The van der Waals surface area contributed by atoms with Gasteiger partial charge < -0.3 is 20.4 Å². The Bertz CT molecular complexity index is 1160. The second-order valence-corrected chi connectivity index (χ2v) is 5.90. The minimum atomic E-state index is -0.553. The first kappa shape index (κ1) is 20.1. The average Bonchev–Trinajstić information content (AvgIpc) is 3.20. The highest BCUT2D eigenvalue weighted by molar-refractivity contribution is 5.99. The lowest BCUT2D eigenvalue weighted by Crippen LogP contribution is -2.19. The van der Waals surface area contributed by atoms with Crippen LogP contribution < -0.4 is 15.4 Å². The van der Waals surface area contributed by atoms with Crippen LogP contribution in [0.5, 0.6) is 11.5 Å². The van der Waals surface area contributed by atoms with Crippen LogP contribution in [0.1, 0.15) is 10.4 Å². The lowest BCUT2D eigenvalue weighted by Gasteiger charge is -2.12. The van der Waals surface area contributed by atoms with Crippen molar-refractivity contribution < 1.29 is 13.9 Å². The Hall–Kier alpha value is -3.65. The van der Waals surface area contributed by atoms with Gasteiger partial charge >= 0.3 is 0 Å². The van der Waals surface area contributed by atoms with Gasteiger partial charge in [0.15, 0.2) is 11.6 Å². The Morgan fingerprint density at radius 3 is 2.76 bits per heavy atom. The molecule has 0 aliphatic heterocycles. The molecule has 0 bridgehead atoms. The van der Waals surface area contributed by atoms with Gasteiger partial charge in [0.1, 0.15) is 17.2 Å². The molecule has 0 spiro atoms. The Labute approximate surface area is 171 Å². The van der Waals surface area contributed by atoms with Crippen LogP contribution in [0.2, 0.25) is 0 Å². The molecule has 1 aromatic carbocycles. The van der Waals surface area contributed by atoms with Crippen molar-refractivity contribution in [3.05, 3.63) is 72.4 Å². The fourth-order valence-electron chi connectivity index (χ4n) is 2.76. The highest BCUT2D eigenvalue weighted by Gasteiger charge is 2.13. The smallest absolute Gasteiger partial charge is 0.254 e. The highest BCUT2D eigenvalue weighted by Crippen LogP contribution is 2.31. The number of aromatic nitrogens is 3. The van der Waals surface area contributed by atoms with Crippen molar-refractivity contribution in [2.24, 2.45) is 0 Å². The molecule has 4 rings (SSSR count). The molecular formula is C20H17ClFN5O2. The van der Waals surface area contributed by atoms with Crippen LogP contribution in [-0.4, -0.2) is 27.9 Å². The number of halogens is 2. The fourth-order valence-corrected chi connectivity index (χ4v) is 2.76. The van der Waals surface area contributed by atoms with Crippen LogP contribution in [0.25, 0.3) is 11.0 Å². The summed E-state index contributed by atoms with van der Waals surface area (Å²) >= 11 is 0. The monoisotopic (exact) mass is 413 g/mol. The molecule has 3 N–H and O–H groups in total. The number of rotatable bonds is 5. The van der Waals surface area contributed by atoms with Gasteiger partial charge in [-0.25, -0.2) is 14.4 Å². The molecule has 3 aromatic heterocycles. The molecule has 3 heterocycles. The van der Waals surface area contributed by atoms with Crippen molar-refractivity contribution in [3.63, 3.8) is 0 Å². The molecule has 148 valence electrons. The van der Waals surface area contributed by atoms with E-state index in [9.17, 15) is 9.18 Å². The molecule has 4 aromatic rings. The zero-order valence-corrected chi connectivity index (χ0v) is 16.1. The molecule has 0 saturated heterocycles. The summed E-state index contributed by atoms with van der Waals surface area (Å²) in [7, 11) is 1.53. The van der Waals surface area contributed by atoms with Gasteiger partial charge in [0, 0.05) is 37.4 Å². The summed E-state index contributed by atoms with van der Waals surface area (Å²) in [6.45, 7) is 0. The summed E-state index contributed by atoms with van der Waals surface area (Å²) in [5, 5.41) is 6.27. The predicted molar refractivity (Wildman–Crippen MR) is 111 cm³/mol. The zero-order valence-electron chi connectivity index (χ0n) is 15.3. The number of carbonyl (C=O) groups excluding carboxylic acids is 1. The third kappa shape index (κ3) is 4.12. The Kier molecular flexibility index (Phi) is 5.94. The predicted octanol–water partition coefficient (Wildman–Crippen LogP) is 4.41. The van der Waals surface area contributed by atoms with E-state index in [-0.39, 0.29) is 24.1 Å². The summed E-state index contributed by atoms with van der Waals surface area (Å²) < 4.78 is 20.3. The number of nitrogens with zero attached hydrogens (tertiary/aromatic N) is 2. The number of ether oxygens (including phenoxy) is 1. The standard InChI is InChI=1S/C20H16FN5O2.ClH/c1-22-20(27)14-3-2-8-23-19(14)26-12-4-5-17(15(21)11-12)28-16-7-10-25-18-13(16)6-9-24-18;/h2-11H,1H3,(H,22,27)(H,23,26)(H,24,25);1H. The van der Waals surface area contributed by atoms with E-state index in [1.54, 1.807) is 42.9 Å². The third-order valence-electron chi connectivity index (χ3n) is 4.11. The summed E-state index contributed by atoms with van der Waals surface area (Å²) in [6, 6.07) is 11.2. The molecule has 7 nitrogen and oxygen atoms in total. The van der Waals surface area contributed by atoms with E-state index >= 15 is 0 Å². The molecular weight excluding hydrogens is 397 g/mol. The number of hydrogen-bond acceptors (Lipinski definition) is 5. The van der Waals surface area contributed by atoms with Gasteiger partial charge in [0.05, 0.1) is 10.9 Å². The van der Waals surface area contributed by atoms with E-state index < -0.39 is 5.82 Å². The molecule has 0 atom stereocenters. The van der Waals surface area contributed by atoms with Crippen molar-refractivity contribution in [2.45, 2.75) is 0 Å². The van der Waals surface area contributed by atoms with E-state index in [1.165, 1.54) is 19.2 Å². The quantitative estimate of drug-likeness (QED) is 0.450. The normalized spacial score (nSPS) is 10.3. The van der Waals surface area contributed by atoms with Crippen LogP contribution in [0.4, 0.5) is 15.9 Å². The van der Waals surface area contributed by atoms with E-state index in [4.69, 9.17) is 4.74 Å². The largest absolute Gasteiger partial charge is 0.453 e. The Morgan fingerprint density at radius 1 is 1.10 bits per heavy atom. The minimum absolute atomic E-state index is 0. The van der Waals surface area contributed by atoms with Crippen LogP contribution in [0.15, 0.2) is 61.1 Å². The zero-order chi connectivity index (χ0) is 19.5. The first-order chi connectivity index (χ1) is 13.7. The van der Waals surface area contributed by atoms with E-state index in [1.807, 2.05) is 6.07 Å². The number of carbonyl (C=O) groups is 1. The molecule has 0 unspecified atom stereocenters. The van der Waals surface area contributed by atoms with E-state index in [0.717, 1.165) is 5.39 Å². The maximum absolute atomic E-state index is 14.6. The summed E-state index contributed by atoms with van der Waals surface area (Å²) in [6.07, 6.45) is 4.88. The molecule has 9 heteroatoms. The number of anilines is 2. The van der Waals surface area contributed by atoms with Gasteiger partial charge in [-0.1, -0.05) is 0 Å². The van der Waals surface area contributed by atoms with Crippen molar-refractivity contribution in [3.8, 4) is 11.5 Å². The van der Waals surface area contributed by atoms with Crippen molar-refractivity contribution in [1.29, 1.82) is 0 Å². The molecule has 0 aliphatic rings. The number of aromatic amines is 1. The second-order valence-electron chi connectivity index (χ2n) is 5.90. The summed E-state index contributed by atoms with van der Waals surface area (Å²) in [5.74, 6) is 0.0644. The lowest BCUT2D eigenvalue weighted by atomic mass is 10.2. The van der Waals surface area contributed by atoms with Crippen molar-refractivity contribution in [2.75, 3.05) is 12.4 Å². The Balaban J connectivity index is 0.00000240. The summed E-state index contributed by atoms with van der Waals surface area (Å²) in [4.78, 5) is 23.3. The highest BCUT2D eigenvalue weighted by atomic mass is 35.5. The molecule has 29 heavy (non-hydrogen) atoms. The van der Waals surface area contributed by atoms with Gasteiger partial charge in [0.25, 0.3) is 5.91 Å². The molecule has 0 aliphatic carbocycles. The first-order valence-corrected chi connectivity index (χ1v) is 8.49. The average molecular weight is 414 g/mol. The molecule has 1 amide bonds. The van der Waals surface area contributed by atoms with Crippen molar-refractivity contribution >= 4 is 40.9 Å². The third-order valence-corrected chi connectivity index (χ3v) is 4.11. The van der Waals surface area contributed by atoms with Gasteiger partial charge in [-0.3, -0.25) is 4.79 Å². The SMILES string of the molecule is CNC(=O)c1cccnc1Nc1ccc(Oc2ccnc3[nH]ccc23)c(F)c1.Cl. The number of fused-ring (bicyclic) bond motifs is 1. The molecule has 0 radical (unpaired) electrons.